The first kappa shape index (κ1) is 11.8. The molecule has 0 aromatic carbocycles. The van der Waals surface area contributed by atoms with Crippen LogP contribution in [0.25, 0.3) is 0 Å². The molecule has 0 amide bonds. The Balaban J connectivity index is 1.93. The van der Waals surface area contributed by atoms with E-state index >= 15 is 0 Å². The predicted octanol–water partition coefficient (Wildman–Crippen LogP) is -0.991. The molecule has 2 aliphatic heterocycles. The summed E-state index contributed by atoms with van der Waals surface area (Å²) in [5.74, 6) is 5.03. The summed E-state index contributed by atoms with van der Waals surface area (Å²) in [5.41, 5.74) is 5.82. The summed E-state index contributed by atoms with van der Waals surface area (Å²) in [6.45, 7) is 2.77. The van der Waals surface area contributed by atoms with Crippen LogP contribution in [0.5, 0.6) is 0 Å². The number of piperidine rings is 1. The minimum absolute atomic E-state index is 0.0120. The van der Waals surface area contributed by atoms with E-state index in [2.05, 4.69) is 17.0 Å². The Hall–Kier alpha value is -0.660. The van der Waals surface area contributed by atoms with Gasteiger partial charge in [0, 0.05) is 25.2 Å². The van der Waals surface area contributed by atoms with E-state index in [0.29, 0.717) is 5.54 Å². The van der Waals surface area contributed by atoms with Crippen molar-refractivity contribution < 1.29 is 4.21 Å². The molecule has 0 aromatic heterocycles. The Labute approximate surface area is 98.2 Å². The minimum atomic E-state index is -1.36. The molecular weight excluding hydrogens is 226 g/mol. The molecule has 0 aromatic rings. The zero-order chi connectivity index (χ0) is 11.8. The lowest BCUT2D eigenvalue weighted by Gasteiger charge is -2.54. The van der Waals surface area contributed by atoms with Crippen LogP contribution in [-0.2, 0) is 11.0 Å². The highest BCUT2D eigenvalue weighted by atomic mass is 32.2. The third kappa shape index (κ3) is 1.83. The van der Waals surface area contributed by atoms with Crippen molar-refractivity contribution in [3.63, 3.8) is 0 Å². The zero-order valence-corrected chi connectivity index (χ0v) is 10.4. The first-order valence-electron chi connectivity index (χ1n) is 5.50. The fourth-order valence-electron chi connectivity index (χ4n) is 2.53. The lowest BCUT2D eigenvalue weighted by atomic mass is 9.77. The minimum Gasteiger partial charge on any atom is -0.374 e. The van der Waals surface area contributed by atoms with Gasteiger partial charge in [-0.2, -0.15) is 5.10 Å². The van der Waals surface area contributed by atoms with Gasteiger partial charge in [0.05, 0.1) is 0 Å². The lowest BCUT2D eigenvalue weighted by Crippen LogP contribution is -2.62. The van der Waals surface area contributed by atoms with E-state index in [1.54, 1.807) is 0 Å². The summed E-state index contributed by atoms with van der Waals surface area (Å²) >= 11 is 0. The van der Waals surface area contributed by atoms with Crippen LogP contribution in [0.15, 0.2) is 5.10 Å². The second kappa shape index (κ2) is 4.31. The monoisotopic (exact) mass is 245 g/mol. The number of nitrogens with zero attached hydrogens (tertiary/aromatic N) is 3. The Morgan fingerprint density at radius 3 is 2.25 bits per heavy atom. The Morgan fingerprint density at radius 2 is 1.88 bits per heavy atom. The molecule has 1 unspecified atom stereocenters. The van der Waals surface area contributed by atoms with Crippen LogP contribution in [-0.4, -0.2) is 50.8 Å². The number of hydrogen-bond acceptors (Lipinski definition) is 4. The molecule has 16 heavy (non-hydrogen) atoms. The van der Waals surface area contributed by atoms with E-state index in [1.807, 2.05) is 4.31 Å². The van der Waals surface area contributed by atoms with Gasteiger partial charge in [0.2, 0.25) is 5.17 Å². The van der Waals surface area contributed by atoms with E-state index in [9.17, 15) is 4.21 Å². The van der Waals surface area contributed by atoms with Crippen molar-refractivity contribution in [3.8, 4) is 0 Å². The van der Waals surface area contributed by atoms with Crippen LogP contribution in [0.3, 0.4) is 0 Å². The number of hydrazone groups is 1. The van der Waals surface area contributed by atoms with Crippen LogP contribution in [0.1, 0.15) is 19.3 Å². The molecule has 0 saturated carbocycles. The highest BCUT2D eigenvalue weighted by Gasteiger charge is 2.45. The molecule has 1 spiro atoms. The smallest absolute Gasteiger partial charge is 0.223 e. The predicted molar refractivity (Wildman–Crippen MR) is 64.7 cm³/mol. The second-order valence-electron chi connectivity index (χ2n) is 4.54. The van der Waals surface area contributed by atoms with Crippen LogP contribution >= 0.6 is 0 Å². The van der Waals surface area contributed by atoms with Crippen LogP contribution in [0.4, 0.5) is 0 Å². The van der Waals surface area contributed by atoms with Crippen molar-refractivity contribution in [1.82, 2.24) is 9.21 Å². The summed E-state index contributed by atoms with van der Waals surface area (Å²) in [5, 5.41) is 3.30. The van der Waals surface area contributed by atoms with Crippen molar-refractivity contribution in [1.29, 1.82) is 0 Å². The molecule has 2 fully saturated rings. The lowest BCUT2D eigenvalue weighted by molar-refractivity contribution is -0.0256. The number of hydrogen-bond donors (Lipinski definition) is 2. The van der Waals surface area contributed by atoms with Gasteiger partial charge >= 0.3 is 0 Å². The molecule has 4 N–H and O–H groups in total. The van der Waals surface area contributed by atoms with Crippen LogP contribution in [0.2, 0.25) is 0 Å². The van der Waals surface area contributed by atoms with Gasteiger partial charge in [-0.3, -0.25) is 0 Å². The van der Waals surface area contributed by atoms with Gasteiger partial charge in [-0.05, 0) is 26.3 Å². The molecule has 2 saturated heterocycles. The van der Waals surface area contributed by atoms with Gasteiger partial charge in [-0.25, -0.2) is 8.51 Å². The molecular formula is C9H19N5OS. The fourth-order valence-corrected chi connectivity index (χ4v) is 3.40. The van der Waals surface area contributed by atoms with Crippen LogP contribution in [0, 0.1) is 0 Å². The number of amidine groups is 1. The maximum absolute atomic E-state index is 11.8. The second-order valence-corrected chi connectivity index (χ2v) is 5.97. The van der Waals surface area contributed by atoms with Crippen molar-refractivity contribution in [2.75, 3.05) is 26.7 Å². The molecule has 0 radical (unpaired) electrons. The first-order valence-corrected chi connectivity index (χ1v) is 6.61. The van der Waals surface area contributed by atoms with E-state index in [4.69, 9.17) is 11.6 Å². The van der Waals surface area contributed by atoms with Crippen molar-refractivity contribution in [2.45, 2.75) is 24.8 Å². The summed E-state index contributed by atoms with van der Waals surface area (Å²) in [4.78, 5) is 2.40. The molecule has 0 bridgehead atoms. The van der Waals surface area contributed by atoms with Crippen molar-refractivity contribution in [2.24, 2.45) is 16.7 Å². The SMILES string of the molecule is CN1CCC12CCN(S(=O)/C(N)=N/N)CC2. The molecule has 92 valence electrons. The Bertz CT molecular complexity index is 324. The zero-order valence-electron chi connectivity index (χ0n) is 9.56. The summed E-state index contributed by atoms with van der Waals surface area (Å²) in [6, 6.07) is 0. The largest absolute Gasteiger partial charge is 0.374 e. The van der Waals surface area contributed by atoms with Gasteiger partial charge in [0.25, 0.3) is 0 Å². The first-order chi connectivity index (χ1) is 7.59. The van der Waals surface area contributed by atoms with E-state index in [-0.39, 0.29) is 5.17 Å². The standard InChI is InChI=1S/C9H19N5OS/c1-13-5-2-9(13)3-6-14(7-4-9)16(15)8(10)12-11/h2-7,11H2,1H3,(H2,10,12). The maximum Gasteiger partial charge on any atom is 0.223 e. The number of nitrogens with two attached hydrogens (primary N) is 2. The molecule has 2 heterocycles. The average Bonchev–Trinajstić information content (AvgIpc) is 2.35. The van der Waals surface area contributed by atoms with Gasteiger partial charge in [0.1, 0.15) is 0 Å². The summed E-state index contributed by atoms with van der Waals surface area (Å²) in [7, 11) is 0.803. The molecule has 2 aliphatic rings. The highest BCUT2D eigenvalue weighted by Crippen LogP contribution is 2.38. The summed E-state index contributed by atoms with van der Waals surface area (Å²) in [6.07, 6.45) is 3.35. The van der Waals surface area contributed by atoms with E-state index in [0.717, 1.165) is 25.9 Å². The molecule has 0 aliphatic carbocycles. The van der Waals surface area contributed by atoms with Crippen molar-refractivity contribution in [3.05, 3.63) is 0 Å². The van der Waals surface area contributed by atoms with Gasteiger partial charge < -0.3 is 16.5 Å². The topological polar surface area (TPSA) is 88.0 Å². The van der Waals surface area contributed by atoms with E-state index in [1.165, 1.54) is 13.0 Å². The van der Waals surface area contributed by atoms with E-state index < -0.39 is 11.0 Å². The molecule has 6 nitrogen and oxygen atoms in total. The Kier molecular flexibility index (Phi) is 3.18. The fraction of sp³-hybridized carbons (Fsp3) is 0.889. The maximum atomic E-state index is 11.8. The highest BCUT2D eigenvalue weighted by molar-refractivity contribution is 7.98. The molecule has 7 heteroatoms. The van der Waals surface area contributed by atoms with Crippen molar-refractivity contribution >= 4 is 16.2 Å². The molecule has 1 atom stereocenters. The van der Waals surface area contributed by atoms with Gasteiger partial charge in [0.15, 0.2) is 11.0 Å². The summed E-state index contributed by atoms with van der Waals surface area (Å²) < 4.78 is 13.7. The van der Waals surface area contributed by atoms with Gasteiger partial charge in [-0.1, -0.05) is 0 Å². The number of rotatable bonds is 1. The number of likely N-dealkylation sites (tertiary alicyclic amines) is 1. The van der Waals surface area contributed by atoms with Crippen LogP contribution < -0.4 is 11.6 Å². The quantitative estimate of drug-likeness (QED) is 0.269. The Morgan fingerprint density at radius 1 is 1.31 bits per heavy atom. The third-order valence-electron chi connectivity index (χ3n) is 3.92. The third-order valence-corrected chi connectivity index (χ3v) is 5.21. The van der Waals surface area contributed by atoms with Gasteiger partial charge in [-0.15, -0.1) is 0 Å². The molecule has 2 rings (SSSR count). The normalized spacial score (nSPS) is 28.9. The average molecular weight is 245 g/mol.